The zero-order valence-electron chi connectivity index (χ0n) is 13.0. The summed E-state index contributed by atoms with van der Waals surface area (Å²) in [6.07, 6.45) is 6.19. The van der Waals surface area contributed by atoms with Gasteiger partial charge in [-0.1, -0.05) is 6.42 Å². The van der Waals surface area contributed by atoms with E-state index >= 15 is 0 Å². The van der Waals surface area contributed by atoms with E-state index < -0.39 is 0 Å². The number of likely N-dealkylation sites (tertiary alicyclic amines) is 1. The molecule has 5 nitrogen and oxygen atoms in total. The molecule has 0 bridgehead atoms. The third-order valence-electron chi connectivity index (χ3n) is 3.94. The van der Waals surface area contributed by atoms with E-state index in [0.717, 1.165) is 37.7 Å². The molecule has 2 rings (SSSR count). The van der Waals surface area contributed by atoms with Gasteiger partial charge in [0.2, 0.25) is 0 Å². The molecule has 21 heavy (non-hydrogen) atoms. The number of urea groups is 1. The van der Waals surface area contributed by atoms with Crippen molar-refractivity contribution in [1.29, 1.82) is 0 Å². The average Bonchev–Trinajstić information content (AvgIpc) is 2.85. The fourth-order valence-electron chi connectivity index (χ4n) is 2.68. The van der Waals surface area contributed by atoms with Crippen molar-refractivity contribution in [3.8, 4) is 0 Å². The molecule has 2 amide bonds. The second-order valence-electron chi connectivity index (χ2n) is 5.76. The van der Waals surface area contributed by atoms with Gasteiger partial charge in [0.1, 0.15) is 0 Å². The van der Waals surface area contributed by atoms with E-state index in [1.807, 2.05) is 12.3 Å². The number of nitrogens with one attached hydrogen (secondary N) is 2. The normalized spacial score (nSPS) is 19.4. The van der Waals surface area contributed by atoms with Gasteiger partial charge < -0.3 is 10.2 Å². The molecular weight excluding hydrogens is 284 g/mol. The molecule has 0 aromatic carbocycles. The van der Waals surface area contributed by atoms with Gasteiger partial charge in [0.25, 0.3) is 0 Å². The first-order chi connectivity index (χ1) is 10.1. The number of piperidine rings is 1. The molecule has 1 aliphatic heterocycles. The van der Waals surface area contributed by atoms with Crippen molar-refractivity contribution in [1.82, 2.24) is 15.2 Å². The van der Waals surface area contributed by atoms with Gasteiger partial charge in [-0.3, -0.25) is 5.32 Å². The second kappa shape index (κ2) is 8.34. The van der Waals surface area contributed by atoms with Crippen LogP contribution in [-0.2, 0) is 0 Å². The number of hydrogen-bond acceptors (Lipinski definition) is 4. The maximum atomic E-state index is 11.7. The summed E-state index contributed by atoms with van der Waals surface area (Å²) < 4.78 is 0. The van der Waals surface area contributed by atoms with Crippen LogP contribution < -0.4 is 10.6 Å². The van der Waals surface area contributed by atoms with E-state index in [9.17, 15) is 4.79 Å². The molecule has 0 saturated carbocycles. The Morgan fingerprint density at radius 2 is 2.33 bits per heavy atom. The van der Waals surface area contributed by atoms with Crippen molar-refractivity contribution in [3.63, 3.8) is 0 Å². The molecule has 1 unspecified atom stereocenters. The van der Waals surface area contributed by atoms with Crippen LogP contribution in [0.25, 0.3) is 0 Å². The van der Waals surface area contributed by atoms with E-state index in [4.69, 9.17) is 0 Å². The van der Waals surface area contributed by atoms with Gasteiger partial charge in [0.05, 0.1) is 5.69 Å². The molecule has 1 aromatic rings. The molecule has 1 saturated heterocycles. The third-order valence-corrected chi connectivity index (χ3v) is 4.81. The minimum Gasteiger partial charge on any atom is -0.338 e. The molecule has 1 aliphatic rings. The largest absolute Gasteiger partial charge is 0.338 e. The van der Waals surface area contributed by atoms with Gasteiger partial charge in [-0.25, -0.2) is 9.78 Å². The molecule has 1 fully saturated rings. The van der Waals surface area contributed by atoms with Crippen molar-refractivity contribution in [2.45, 2.75) is 52.0 Å². The van der Waals surface area contributed by atoms with E-state index in [1.165, 1.54) is 37.1 Å². The summed E-state index contributed by atoms with van der Waals surface area (Å²) in [5.41, 5.74) is 0.936. The van der Waals surface area contributed by atoms with Gasteiger partial charge in [0.15, 0.2) is 5.13 Å². The van der Waals surface area contributed by atoms with Crippen LogP contribution in [0.15, 0.2) is 5.38 Å². The lowest BCUT2D eigenvalue weighted by molar-refractivity contribution is 0.158. The van der Waals surface area contributed by atoms with E-state index in [0.29, 0.717) is 5.13 Å². The monoisotopic (exact) mass is 310 g/mol. The number of aromatic nitrogens is 1. The summed E-state index contributed by atoms with van der Waals surface area (Å²) >= 11 is 1.45. The number of anilines is 1. The molecule has 1 atom stereocenters. The van der Waals surface area contributed by atoms with Crippen molar-refractivity contribution in [2.75, 3.05) is 25.0 Å². The van der Waals surface area contributed by atoms with Gasteiger partial charge in [-0.05, 0) is 52.6 Å². The van der Waals surface area contributed by atoms with Gasteiger partial charge in [-0.15, -0.1) is 11.3 Å². The van der Waals surface area contributed by atoms with Gasteiger partial charge in [0, 0.05) is 18.0 Å². The number of nitrogens with zero attached hydrogens (tertiary/aromatic N) is 2. The molecule has 2 N–H and O–H groups in total. The van der Waals surface area contributed by atoms with Crippen LogP contribution in [0.3, 0.4) is 0 Å². The van der Waals surface area contributed by atoms with Crippen LogP contribution in [-0.4, -0.2) is 41.6 Å². The lowest BCUT2D eigenvalue weighted by Crippen LogP contribution is -2.38. The molecule has 6 heteroatoms. The minimum absolute atomic E-state index is 0.157. The lowest BCUT2D eigenvalue weighted by atomic mass is 10.0. The molecule has 118 valence electrons. The van der Waals surface area contributed by atoms with Crippen molar-refractivity contribution < 1.29 is 4.79 Å². The predicted octanol–water partition coefficient (Wildman–Crippen LogP) is 3.23. The number of aryl methyl sites for hydroxylation is 1. The predicted molar refractivity (Wildman–Crippen MR) is 88.0 cm³/mol. The Kier molecular flexibility index (Phi) is 6.45. The van der Waals surface area contributed by atoms with Crippen LogP contribution in [0.5, 0.6) is 0 Å². The summed E-state index contributed by atoms with van der Waals surface area (Å²) in [5.74, 6) is 0. The summed E-state index contributed by atoms with van der Waals surface area (Å²) in [6.45, 7) is 7.34. The quantitative estimate of drug-likeness (QED) is 0.793. The van der Waals surface area contributed by atoms with E-state index in [-0.39, 0.29) is 6.03 Å². The highest BCUT2D eigenvalue weighted by atomic mass is 32.1. The highest BCUT2D eigenvalue weighted by molar-refractivity contribution is 7.13. The zero-order chi connectivity index (χ0) is 15.1. The van der Waals surface area contributed by atoms with Crippen LogP contribution in [0, 0.1) is 6.92 Å². The Labute approximate surface area is 131 Å². The first kappa shape index (κ1) is 16.2. The maximum absolute atomic E-state index is 11.7. The Morgan fingerprint density at radius 1 is 1.48 bits per heavy atom. The minimum atomic E-state index is -0.157. The first-order valence-corrected chi connectivity index (χ1v) is 8.74. The van der Waals surface area contributed by atoms with Crippen LogP contribution >= 0.6 is 11.3 Å². The van der Waals surface area contributed by atoms with E-state index in [1.54, 1.807) is 0 Å². The molecule has 2 heterocycles. The Morgan fingerprint density at radius 3 is 3.05 bits per heavy atom. The van der Waals surface area contributed by atoms with Gasteiger partial charge >= 0.3 is 6.03 Å². The van der Waals surface area contributed by atoms with Gasteiger partial charge in [-0.2, -0.15) is 0 Å². The van der Waals surface area contributed by atoms with Crippen molar-refractivity contribution >= 4 is 22.5 Å². The third kappa shape index (κ3) is 5.63. The maximum Gasteiger partial charge on any atom is 0.321 e. The number of hydrogen-bond donors (Lipinski definition) is 2. The molecule has 0 radical (unpaired) electrons. The number of amides is 2. The zero-order valence-corrected chi connectivity index (χ0v) is 13.8. The Balaban J connectivity index is 1.54. The van der Waals surface area contributed by atoms with Crippen LogP contribution in [0.1, 0.15) is 44.7 Å². The van der Waals surface area contributed by atoms with Crippen molar-refractivity contribution in [2.24, 2.45) is 0 Å². The number of rotatable bonds is 6. The summed E-state index contributed by atoms with van der Waals surface area (Å²) in [4.78, 5) is 18.4. The fraction of sp³-hybridized carbons (Fsp3) is 0.733. The Bertz CT molecular complexity index is 449. The summed E-state index contributed by atoms with van der Waals surface area (Å²) in [5, 5.41) is 8.23. The highest BCUT2D eigenvalue weighted by Crippen LogP contribution is 2.16. The number of carbonyl (C=O) groups excluding carboxylic acids is 1. The molecular formula is C15H26N4OS. The number of carbonyl (C=O) groups is 1. The van der Waals surface area contributed by atoms with E-state index in [2.05, 4.69) is 27.4 Å². The van der Waals surface area contributed by atoms with Crippen molar-refractivity contribution in [3.05, 3.63) is 11.1 Å². The number of unbranched alkanes of at least 4 members (excludes halogenated alkanes) is 1. The fourth-order valence-corrected chi connectivity index (χ4v) is 3.37. The summed E-state index contributed by atoms with van der Waals surface area (Å²) in [6, 6.07) is 0.568. The second-order valence-corrected chi connectivity index (χ2v) is 6.62. The molecule has 0 spiro atoms. The lowest BCUT2D eigenvalue weighted by Gasteiger charge is -2.33. The SMILES string of the molecule is Cc1csc(NC(=O)NCCCCN2CCCCC2C)n1. The number of thiazole rings is 1. The standard InChI is InChI=1S/C15H26N4OS/c1-12-11-21-15(17-12)18-14(20)16-8-4-6-10-19-9-5-3-7-13(19)2/h11,13H,3-10H2,1-2H3,(H2,16,17,18,20). The molecule has 1 aromatic heterocycles. The topological polar surface area (TPSA) is 57.3 Å². The highest BCUT2D eigenvalue weighted by Gasteiger charge is 2.16. The van der Waals surface area contributed by atoms with Crippen LogP contribution in [0.4, 0.5) is 9.93 Å². The Hall–Kier alpha value is -1.14. The summed E-state index contributed by atoms with van der Waals surface area (Å²) in [7, 11) is 0. The smallest absolute Gasteiger partial charge is 0.321 e. The first-order valence-electron chi connectivity index (χ1n) is 7.86. The van der Waals surface area contributed by atoms with Crippen LogP contribution in [0.2, 0.25) is 0 Å². The molecule has 0 aliphatic carbocycles. The average molecular weight is 310 g/mol.